The van der Waals surface area contributed by atoms with Crippen LogP contribution in [0.5, 0.6) is 5.75 Å². The Kier molecular flexibility index (Phi) is 6.73. The summed E-state index contributed by atoms with van der Waals surface area (Å²) in [6, 6.07) is 5.66. The highest BCUT2D eigenvalue weighted by molar-refractivity contribution is 5.94. The van der Waals surface area contributed by atoms with Gasteiger partial charge in [0.25, 0.3) is 5.91 Å². The van der Waals surface area contributed by atoms with Gasteiger partial charge in [0.2, 0.25) is 0 Å². The van der Waals surface area contributed by atoms with Crippen LogP contribution in [0.25, 0.3) is 0 Å². The summed E-state index contributed by atoms with van der Waals surface area (Å²) in [5.41, 5.74) is 0.421. The summed E-state index contributed by atoms with van der Waals surface area (Å²) in [4.78, 5) is 14.4. The number of nitrogens with zero attached hydrogens (tertiary/aromatic N) is 1. The number of rotatable bonds is 7. The van der Waals surface area contributed by atoms with Crippen molar-refractivity contribution in [3.63, 3.8) is 0 Å². The van der Waals surface area contributed by atoms with E-state index in [-0.39, 0.29) is 11.7 Å². The van der Waals surface area contributed by atoms with E-state index >= 15 is 0 Å². The number of hydrogen-bond acceptors (Lipinski definition) is 4. The van der Waals surface area contributed by atoms with Crippen molar-refractivity contribution < 1.29 is 23.0 Å². The lowest BCUT2D eigenvalue weighted by Crippen LogP contribution is -2.41. The van der Waals surface area contributed by atoms with Crippen molar-refractivity contribution in [3.05, 3.63) is 29.8 Å². The van der Waals surface area contributed by atoms with E-state index in [1.54, 1.807) is 0 Å². The van der Waals surface area contributed by atoms with E-state index in [0.717, 1.165) is 32.8 Å². The molecule has 7 heteroatoms. The number of carbonyl (C=O) groups is 1. The van der Waals surface area contributed by atoms with Crippen LogP contribution in [0.4, 0.5) is 8.78 Å². The number of ether oxygens (including phenoxy) is 2. The third-order valence-electron chi connectivity index (χ3n) is 3.63. The number of alkyl halides is 2. The zero-order chi connectivity index (χ0) is 16.7. The molecule has 2 rings (SSSR count). The van der Waals surface area contributed by atoms with Crippen molar-refractivity contribution in [1.82, 2.24) is 10.2 Å². The van der Waals surface area contributed by atoms with Gasteiger partial charge in [0, 0.05) is 31.7 Å². The third-order valence-corrected chi connectivity index (χ3v) is 3.63. The molecule has 1 aliphatic heterocycles. The SMILES string of the molecule is CC(CNC(=O)c1ccc(OC(F)F)cc1)CN1CCOCC1. The number of amides is 1. The van der Waals surface area contributed by atoms with Gasteiger partial charge < -0.3 is 14.8 Å². The van der Waals surface area contributed by atoms with Crippen LogP contribution in [-0.2, 0) is 4.74 Å². The minimum atomic E-state index is -2.87. The highest BCUT2D eigenvalue weighted by atomic mass is 19.3. The first-order chi connectivity index (χ1) is 11.0. The van der Waals surface area contributed by atoms with Gasteiger partial charge in [-0.05, 0) is 30.2 Å². The number of carbonyl (C=O) groups excluding carboxylic acids is 1. The Balaban J connectivity index is 1.75. The molecule has 0 aromatic heterocycles. The highest BCUT2D eigenvalue weighted by Crippen LogP contribution is 2.15. The molecule has 23 heavy (non-hydrogen) atoms. The van der Waals surface area contributed by atoms with E-state index in [0.29, 0.717) is 18.0 Å². The van der Waals surface area contributed by atoms with Crippen molar-refractivity contribution in [2.45, 2.75) is 13.5 Å². The van der Waals surface area contributed by atoms with Crippen LogP contribution >= 0.6 is 0 Å². The molecule has 1 amide bonds. The Hall–Kier alpha value is -1.73. The molecule has 0 aliphatic carbocycles. The Morgan fingerprint density at radius 1 is 1.30 bits per heavy atom. The third kappa shape index (κ3) is 6.11. The molecule has 1 aromatic carbocycles. The van der Waals surface area contributed by atoms with Crippen LogP contribution in [0, 0.1) is 5.92 Å². The van der Waals surface area contributed by atoms with Crippen LogP contribution in [0.3, 0.4) is 0 Å². The topological polar surface area (TPSA) is 50.8 Å². The fourth-order valence-corrected chi connectivity index (χ4v) is 2.45. The molecular weight excluding hydrogens is 306 g/mol. The molecule has 5 nitrogen and oxygen atoms in total. The molecule has 1 heterocycles. The van der Waals surface area contributed by atoms with E-state index in [9.17, 15) is 13.6 Å². The number of nitrogens with one attached hydrogen (secondary N) is 1. The fraction of sp³-hybridized carbons (Fsp3) is 0.562. The zero-order valence-corrected chi connectivity index (χ0v) is 13.1. The molecule has 1 N–H and O–H groups in total. The maximum atomic E-state index is 12.1. The Morgan fingerprint density at radius 2 is 1.96 bits per heavy atom. The van der Waals surface area contributed by atoms with Crippen LogP contribution in [-0.4, -0.2) is 56.8 Å². The van der Waals surface area contributed by atoms with E-state index in [4.69, 9.17) is 4.74 Å². The quantitative estimate of drug-likeness (QED) is 0.832. The molecule has 1 saturated heterocycles. The van der Waals surface area contributed by atoms with Crippen molar-refractivity contribution in [3.8, 4) is 5.75 Å². The average molecular weight is 328 g/mol. The summed E-state index contributed by atoms with van der Waals surface area (Å²) in [6.07, 6.45) is 0. The van der Waals surface area contributed by atoms with Gasteiger partial charge in [-0.25, -0.2) is 0 Å². The smallest absolute Gasteiger partial charge is 0.387 e. The molecule has 1 aromatic rings. The first-order valence-electron chi connectivity index (χ1n) is 7.68. The van der Waals surface area contributed by atoms with E-state index in [1.165, 1.54) is 24.3 Å². The van der Waals surface area contributed by atoms with Gasteiger partial charge in [0.1, 0.15) is 5.75 Å². The largest absolute Gasteiger partial charge is 0.435 e. The molecule has 1 atom stereocenters. The monoisotopic (exact) mass is 328 g/mol. The summed E-state index contributed by atoms with van der Waals surface area (Å²) in [5.74, 6) is 0.137. The number of hydrogen-bond donors (Lipinski definition) is 1. The van der Waals surface area contributed by atoms with Crippen molar-refractivity contribution in [2.24, 2.45) is 5.92 Å². The first-order valence-corrected chi connectivity index (χ1v) is 7.68. The van der Waals surface area contributed by atoms with E-state index < -0.39 is 6.61 Å². The van der Waals surface area contributed by atoms with Crippen LogP contribution in [0.15, 0.2) is 24.3 Å². The van der Waals surface area contributed by atoms with Gasteiger partial charge in [-0.2, -0.15) is 8.78 Å². The predicted molar refractivity (Wildman–Crippen MR) is 81.8 cm³/mol. The summed E-state index contributed by atoms with van der Waals surface area (Å²) in [6.45, 7) is 4.04. The average Bonchev–Trinajstić information content (AvgIpc) is 2.54. The summed E-state index contributed by atoms with van der Waals surface area (Å²) >= 11 is 0. The standard InChI is InChI=1S/C16H22F2N2O3/c1-12(11-20-6-8-22-9-7-20)10-19-15(21)13-2-4-14(5-3-13)23-16(17)18/h2-5,12,16H,6-11H2,1H3,(H,19,21). The summed E-state index contributed by atoms with van der Waals surface area (Å²) < 4.78 is 33.7. The molecule has 0 saturated carbocycles. The minimum absolute atomic E-state index is 0.0391. The molecule has 128 valence electrons. The van der Waals surface area contributed by atoms with Crippen molar-refractivity contribution in [2.75, 3.05) is 39.4 Å². The molecule has 0 spiro atoms. The summed E-state index contributed by atoms with van der Waals surface area (Å²) in [7, 11) is 0. The van der Waals surface area contributed by atoms with Gasteiger partial charge in [-0.15, -0.1) is 0 Å². The second-order valence-corrected chi connectivity index (χ2v) is 5.63. The van der Waals surface area contributed by atoms with Gasteiger partial charge in [0.15, 0.2) is 0 Å². The first kappa shape index (κ1) is 17.6. The summed E-state index contributed by atoms with van der Waals surface area (Å²) in [5, 5.41) is 2.86. The van der Waals surface area contributed by atoms with Gasteiger partial charge in [0.05, 0.1) is 13.2 Å². The predicted octanol–water partition coefficient (Wildman–Crippen LogP) is 1.99. The maximum absolute atomic E-state index is 12.1. The molecule has 0 bridgehead atoms. The van der Waals surface area contributed by atoms with E-state index in [1.807, 2.05) is 0 Å². The van der Waals surface area contributed by atoms with Crippen LogP contribution in [0.1, 0.15) is 17.3 Å². The number of morpholine rings is 1. The highest BCUT2D eigenvalue weighted by Gasteiger charge is 2.15. The second-order valence-electron chi connectivity index (χ2n) is 5.63. The lowest BCUT2D eigenvalue weighted by molar-refractivity contribution is -0.0498. The fourth-order valence-electron chi connectivity index (χ4n) is 2.45. The molecular formula is C16H22F2N2O3. The number of benzene rings is 1. The minimum Gasteiger partial charge on any atom is -0.435 e. The molecule has 0 radical (unpaired) electrons. The lowest BCUT2D eigenvalue weighted by atomic mass is 10.1. The van der Waals surface area contributed by atoms with Gasteiger partial charge >= 0.3 is 6.61 Å². The van der Waals surface area contributed by atoms with Crippen LogP contribution in [0.2, 0.25) is 0 Å². The lowest BCUT2D eigenvalue weighted by Gasteiger charge is -2.29. The van der Waals surface area contributed by atoms with Crippen molar-refractivity contribution >= 4 is 5.91 Å². The maximum Gasteiger partial charge on any atom is 0.387 e. The number of halogens is 2. The van der Waals surface area contributed by atoms with E-state index in [2.05, 4.69) is 21.9 Å². The van der Waals surface area contributed by atoms with Gasteiger partial charge in [-0.1, -0.05) is 6.92 Å². The second kappa shape index (κ2) is 8.79. The van der Waals surface area contributed by atoms with Crippen LogP contribution < -0.4 is 10.1 Å². The Labute approximate surface area is 134 Å². The van der Waals surface area contributed by atoms with Crippen molar-refractivity contribution in [1.29, 1.82) is 0 Å². The molecule has 1 fully saturated rings. The molecule has 1 aliphatic rings. The zero-order valence-electron chi connectivity index (χ0n) is 13.1. The Bertz CT molecular complexity index is 491. The Morgan fingerprint density at radius 3 is 2.57 bits per heavy atom. The molecule has 1 unspecified atom stereocenters. The normalized spacial score (nSPS) is 17.0. The van der Waals surface area contributed by atoms with Gasteiger partial charge in [-0.3, -0.25) is 9.69 Å².